The van der Waals surface area contributed by atoms with Gasteiger partial charge >= 0.3 is 11.9 Å². The summed E-state index contributed by atoms with van der Waals surface area (Å²) in [5.74, 6) is -1.88. The molecule has 2 N–H and O–H groups in total. The second-order valence-corrected chi connectivity index (χ2v) is 3.92. The van der Waals surface area contributed by atoms with Crippen LogP contribution in [0.4, 0.5) is 0 Å². The summed E-state index contributed by atoms with van der Waals surface area (Å²) in [6.45, 7) is 2.04. The third kappa shape index (κ3) is 4.08. The summed E-state index contributed by atoms with van der Waals surface area (Å²) < 4.78 is 4.98. The van der Waals surface area contributed by atoms with Crippen molar-refractivity contribution in [3.05, 3.63) is 23.8 Å². The zero-order valence-corrected chi connectivity index (χ0v) is 10.2. The van der Waals surface area contributed by atoms with Gasteiger partial charge in [-0.2, -0.15) is 0 Å². The first-order valence-electron chi connectivity index (χ1n) is 5.81. The standard InChI is InChI=1S/C13H16O5/c1-2-3-4-5-12(15)18-9-6-7-10(13(16)17)11(14)8-9/h6-8,14H,2-5H2,1H3,(H,16,17). The highest BCUT2D eigenvalue weighted by atomic mass is 16.5. The van der Waals surface area contributed by atoms with Crippen LogP contribution < -0.4 is 4.74 Å². The van der Waals surface area contributed by atoms with Crippen LogP contribution in [-0.2, 0) is 4.79 Å². The third-order valence-electron chi connectivity index (χ3n) is 2.42. The highest BCUT2D eigenvalue weighted by molar-refractivity contribution is 5.91. The number of benzene rings is 1. The zero-order chi connectivity index (χ0) is 13.5. The van der Waals surface area contributed by atoms with Crippen molar-refractivity contribution in [2.45, 2.75) is 32.6 Å². The van der Waals surface area contributed by atoms with Gasteiger partial charge in [0, 0.05) is 12.5 Å². The van der Waals surface area contributed by atoms with Crippen LogP contribution in [0.2, 0.25) is 0 Å². The fraction of sp³-hybridized carbons (Fsp3) is 0.385. The molecule has 1 aromatic carbocycles. The fourth-order valence-corrected chi connectivity index (χ4v) is 1.46. The summed E-state index contributed by atoms with van der Waals surface area (Å²) in [6, 6.07) is 3.67. The predicted octanol–water partition coefficient (Wildman–Crippen LogP) is 2.58. The number of rotatable bonds is 6. The van der Waals surface area contributed by atoms with Gasteiger partial charge in [0.15, 0.2) is 0 Å². The lowest BCUT2D eigenvalue weighted by atomic mass is 10.2. The topological polar surface area (TPSA) is 83.8 Å². The van der Waals surface area contributed by atoms with Gasteiger partial charge in [0.1, 0.15) is 17.1 Å². The average Bonchev–Trinajstić information content (AvgIpc) is 2.28. The number of carboxylic acid groups (broad SMARTS) is 1. The Hall–Kier alpha value is -2.04. The van der Waals surface area contributed by atoms with E-state index in [1.54, 1.807) is 0 Å². The van der Waals surface area contributed by atoms with E-state index in [2.05, 4.69) is 0 Å². The van der Waals surface area contributed by atoms with Crippen molar-refractivity contribution in [2.75, 3.05) is 0 Å². The van der Waals surface area contributed by atoms with E-state index in [9.17, 15) is 14.7 Å². The Morgan fingerprint density at radius 1 is 1.28 bits per heavy atom. The molecule has 0 saturated carbocycles. The Kier molecular flexibility index (Phi) is 5.17. The number of unbranched alkanes of at least 4 members (excludes halogenated alkanes) is 2. The van der Waals surface area contributed by atoms with Gasteiger partial charge < -0.3 is 14.9 Å². The van der Waals surface area contributed by atoms with E-state index in [4.69, 9.17) is 9.84 Å². The predicted molar refractivity (Wildman–Crippen MR) is 64.8 cm³/mol. The van der Waals surface area contributed by atoms with Gasteiger partial charge in [0.05, 0.1) is 0 Å². The number of carboxylic acids is 1. The number of aromatic hydroxyl groups is 1. The first kappa shape index (κ1) is 14.0. The molecular weight excluding hydrogens is 236 g/mol. The van der Waals surface area contributed by atoms with Crippen LogP contribution in [0.15, 0.2) is 18.2 Å². The lowest BCUT2D eigenvalue weighted by Crippen LogP contribution is -2.07. The Balaban J connectivity index is 2.60. The number of ether oxygens (including phenoxy) is 1. The number of esters is 1. The van der Waals surface area contributed by atoms with Crippen LogP contribution in [0.1, 0.15) is 43.0 Å². The molecular formula is C13H16O5. The SMILES string of the molecule is CCCCCC(=O)Oc1ccc(C(=O)O)c(O)c1. The molecule has 0 aliphatic rings. The summed E-state index contributed by atoms with van der Waals surface area (Å²) in [7, 11) is 0. The maximum atomic E-state index is 11.4. The Morgan fingerprint density at radius 2 is 2.00 bits per heavy atom. The number of aromatic carboxylic acids is 1. The molecule has 0 aliphatic carbocycles. The highest BCUT2D eigenvalue weighted by Crippen LogP contribution is 2.23. The van der Waals surface area contributed by atoms with Gasteiger partial charge in [0.2, 0.25) is 0 Å². The molecule has 0 heterocycles. The third-order valence-corrected chi connectivity index (χ3v) is 2.42. The second kappa shape index (κ2) is 6.64. The van der Waals surface area contributed by atoms with Crippen LogP contribution >= 0.6 is 0 Å². The first-order valence-corrected chi connectivity index (χ1v) is 5.81. The molecule has 5 nitrogen and oxygen atoms in total. The van der Waals surface area contributed by atoms with Crippen molar-refractivity contribution >= 4 is 11.9 Å². The number of hydrogen-bond donors (Lipinski definition) is 2. The molecule has 0 spiro atoms. The number of phenols is 1. The van der Waals surface area contributed by atoms with Crippen LogP contribution in [0.3, 0.4) is 0 Å². The lowest BCUT2D eigenvalue weighted by molar-refractivity contribution is -0.134. The van der Waals surface area contributed by atoms with Gasteiger partial charge in [-0.1, -0.05) is 19.8 Å². The minimum absolute atomic E-state index is 0.152. The minimum atomic E-state index is -1.23. The van der Waals surface area contributed by atoms with E-state index in [0.717, 1.165) is 25.3 Å². The maximum absolute atomic E-state index is 11.4. The largest absolute Gasteiger partial charge is 0.507 e. The van der Waals surface area contributed by atoms with Gasteiger partial charge in [0.25, 0.3) is 0 Å². The highest BCUT2D eigenvalue weighted by Gasteiger charge is 2.11. The first-order chi connectivity index (χ1) is 8.54. The van der Waals surface area contributed by atoms with Crippen LogP contribution in [0, 0.1) is 0 Å². The molecule has 18 heavy (non-hydrogen) atoms. The summed E-state index contributed by atoms with van der Waals surface area (Å²) in [5.41, 5.74) is -0.221. The summed E-state index contributed by atoms with van der Waals surface area (Å²) in [6.07, 6.45) is 3.05. The van der Waals surface area contributed by atoms with E-state index < -0.39 is 11.7 Å². The average molecular weight is 252 g/mol. The quantitative estimate of drug-likeness (QED) is 0.462. The van der Waals surface area contributed by atoms with E-state index in [0.29, 0.717) is 6.42 Å². The monoisotopic (exact) mass is 252 g/mol. The van der Waals surface area contributed by atoms with Crippen LogP contribution in [0.25, 0.3) is 0 Å². The smallest absolute Gasteiger partial charge is 0.339 e. The minimum Gasteiger partial charge on any atom is -0.507 e. The van der Waals surface area contributed by atoms with Crippen molar-refractivity contribution in [1.82, 2.24) is 0 Å². The van der Waals surface area contributed by atoms with Crippen molar-refractivity contribution in [2.24, 2.45) is 0 Å². The Labute approximate surface area is 105 Å². The molecule has 0 unspecified atom stereocenters. The van der Waals surface area contributed by atoms with E-state index in [-0.39, 0.29) is 17.3 Å². The molecule has 1 aromatic rings. The van der Waals surface area contributed by atoms with Crippen molar-refractivity contribution in [3.8, 4) is 11.5 Å². The van der Waals surface area contributed by atoms with Gasteiger partial charge in [-0.05, 0) is 18.6 Å². The van der Waals surface area contributed by atoms with Crippen molar-refractivity contribution in [3.63, 3.8) is 0 Å². The molecule has 5 heteroatoms. The molecule has 0 radical (unpaired) electrons. The fourth-order valence-electron chi connectivity index (χ4n) is 1.46. The van der Waals surface area contributed by atoms with Crippen molar-refractivity contribution < 1.29 is 24.5 Å². The molecule has 0 bridgehead atoms. The Morgan fingerprint density at radius 3 is 2.56 bits per heavy atom. The molecule has 0 aromatic heterocycles. The van der Waals surface area contributed by atoms with E-state index >= 15 is 0 Å². The lowest BCUT2D eigenvalue weighted by Gasteiger charge is -2.05. The molecule has 0 saturated heterocycles. The number of carbonyl (C=O) groups excluding carboxylic acids is 1. The maximum Gasteiger partial charge on any atom is 0.339 e. The molecule has 0 aliphatic heterocycles. The molecule has 1 rings (SSSR count). The van der Waals surface area contributed by atoms with Gasteiger partial charge in [-0.3, -0.25) is 4.79 Å². The summed E-state index contributed by atoms with van der Waals surface area (Å²) in [4.78, 5) is 22.1. The van der Waals surface area contributed by atoms with E-state index in [1.165, 1.54) is 12.1 Å². The van der Waals surface area contributed by atoms with Crippen LogP contribution in [0.5, 0.6) is 11.5 Å². The van der Waals surface area contributed by atoms with Crippen molar-refractivity contribution in [1.29, 1.82) is 0 Å². The van der Waals surface area contributed by atoms with Gasteiger partial charge in [-0.15, -0.1) is 0 Å². The number of hydrogen-bond acceptors (Lipinski definition) is 4. The molecule has 0 atom stereocenters. The Bertz CT molecular complexity index is 439. The van der Waals surface area contributed by atoms with E-state index in [1.807, 2.05) is 6.92 Å². The van der Waals surface area contributed by atoms with Crippen LogP contribution in [-0.4, -0.2) is 22.2 Å². The zero-order valence-electron chi connectivity index (χ0n) is 10.2. The number of carbonyl (C=O) groups is 2. The molecule has 0 fully saturated rings. The molecule has 98 valence electrons. The molecule has 0 amide bonds. The summed E-state index contributed by atoms with van der Waals surface area (Å²) >= 11 is 0. The second-order valence-electron chi connectivity index (χ2n) is 3.92. The summed E-state index contributed by atoms with van der Waals surface area (Å²) in [5, 5.41) is 18.1. The normalized spacial score (nSPS) is 10.1. The van der Waals surface area contributed by atoms with Gasteiger partial charge in [-0.25, -0.2) is 4.79 Å².